The Kier molecular flexibility index (Phi) is 4.60. The fraction of sp³-hybridized carbons (Fsp3) is 0.938. The summed E-state index contributed by atoms with van der Waals surface area (Å²) in [6.07, 6.45) is 2.33. The van der Waals surface area contributed by atoms with Gasteiger partial charge in [0.1, 0.15) is 0 Å². The lowest BCUT2D eigenvalue weighted by molar-refractivity contribution is -0.132. The monoisotopic (exact) mass is 315 g/mol. The van der Waals surface area contributed by atoms with Crippen molar-refractivity contribution in [3.63, 3.8) is 0 Å². The smallest absolute Gasteiger partial charge is 0.155 e. The number of ketones is 1. The van der Waals surface area contributed by atoms with Crippen LogP contribution >= 0.6 is 23.5 Å². The number of Topliss-reactive ketones (excluding diaryl/α,β-unsaturated/α-hetero) is 1. The van der Waals surface area contributed by atoms with Crippen molar-refractivity contribution in [2.24, 2.45) is 5.41 Å². The zero-order valence-corrected chi connectivity index (χ0v) is 15.4. The second-order valence-corrected chi connectivity index (χ2v) is 11.3. The Bertz CT molecular complexity index is 375. The minimum atomic E-state index is -0.246. The van der Waals surface area contributed by atoms with Gasteiger partial charge in [-0.1, -0.05) is 20.8 Å². The molecule has 0 aliphatic carbocycles. The van der Waals surface area contributed by atoms with Crippen molar-refractivity contribution in [2.75, 3.05) is 18.1 Å². The van der Waals surface area contributed by atoms with Gasteiger partial charge in [0.05, 0.1) is 10.1 Å². The van der Waals surface area contributed by atoms with Crippen LogP contribution < -0.4 is 0 Å². The molecule has 2 fully saturated rings. The van der Waals surface area contributed by atoms with Gasteiger partial charge in [-0.3, -0.25) is 9.69 Å². The fourth-order valence-electron chi connectivity index (χ4n) is 3.10. The fourth-order valence-corrected chi connectivity index (χ4v) is 6.45. The molecule has 1 unspecified atom stereocenters. The Balaban J connectivity index is 2.26. The predicted octanol–water partition coefficient (Wildman–Crippen LogP) is 4.04. The Morgan fingerprint density at radius 3 is 2.10 bits per heavy atom. The first kappa shape index (κ1) is 16.7. The highest BCUT2D eigenvalue weighted by molar-refractivity contribution is 8.18. The second-order valence-electron chi connectivity index (χ2n) is 8.09. The maximum Gasteiger partial charge on any atom is 0.155 e. The van der Waals surface area contributed by atoms with Crippen molar-refractivity contribution >= 4 is 29.3 Å². The molecule has 1 atom stereocenters. The molecule has 0 N–H and O–H groups in total. The molecule has 2 saturated heterocycles. The molecular weight excluding hydrogens is 286 g/mol. The van der Waals surface area contributed by atoms with Crippen LogP contribution in [0.25, 0.3) is 0 Å². The summed E-state index contributed by atoms with van der Waals surface area (Å²) in [7, 11) is 0. The molecule has 0 radical (unpaired) electrons. The van der Waals surface area contributed by atoms with E-state index in [9.17, 15) is 4.79 Å². The van der Waals surface area contributed by atoms with Crippen molar-refractivity contribution in [3.05, 3.63) is 0 Å². The molecule has 0 amide bonds. The van der Waals surface area contributed by atoms with E-state index in [2.05, 4.69) is 70.0 Å². The first-order chi connectivity index (χ1) is 9.05. The number of thioether (sulfide) groups is 2. The highest BCUT2D eigenvalue weighted by Crippen LogP contribution is 2.52. The molecule has 2 rings (SSSR count). The van der Waals surface area contributed by atoms with Crippen LogP contribution in [-0.4, -0.2) is 44.4 Å². The van der Waals surface area contributed by atoms with Crippen LogP contribution in [0.2, 0.25) is 0 Å². The van der Waals surface area contributed by atoms with E-state index >= 15 is 0 Å². The third kappa shape index (κ3) is 3.38. The molecule has 0 saturated carbocycles. The van der Waals surface area contributed by atoms with Gasteiger partial charge in [-0.2, -0.15) is 0 Å². The number of carbonyl (C=O) groups excluding carboxylic acids is 1. The van der Waals surface area contributed by atoms with Gasteiger partial charge in [-0.25, -0.2) is 0 Å². The van der Waals surface area contributed by atoms with Gasteiger partial charge < -0.3 is 0 Å². The van der Waals surface area contributed by atoms with Crippen LogP contribution in [0.3, 0.4) is 0 Å². The highest BCUT2D eigenvalue weighted by Gasteiger charge is 2.52. The van der Waals surface area contributed by atoms with Crippen molar-refractivity contribution < 1.29 is 4.79 Å². The van der Waals surface area contributed by atoms with Crippen LogP contribution in [0.4, 0.5) is 0 Å². The Morgan fingerprint density at radius 1 is 1.10 bits per heavy atom. The molecule has 1 spiro atoms. The lowest BCUT2D eigenvalue weighted by atomic mass is 9.84. The summed E-state index contributed by atoms with van der Waals surface area (Å²) in [5.41, 5.74) is -0.183. The molecule has 0 aromatic rings. The average Bonchev–Trinajstić information content (AvgIpc) is 2.67. The molecule has 2 aliphatic heterocycles. The molecule has 20 heavy (non-hydrogen) atoms. The lowest BCUT2D eigenvalue weighted by Crippen LogP contribution is -2.50. The van der Waals surface area contributed by atoms with Gasteiger partial charge in [0.15, 0.2) is 5.78 Å². The third-order valence-corrected chi connectivity index (χ3v) is 7.55. The summed E-state index contributed by atoms with van der Waals surface area (Å²) in [4.78, 5) is 15.4. The van der Waals surface area contributed by atoms with E-state index in [1.54, 1.807) is 0 Å². The van der Waals surface area contributed by atoms with E-state index < -0.39 is 0 Å². The number of carbonyl (C=O) groups is 1. The number of rotatable bonds is 1. The van der Waals surface area contributed by atoms with Crippen molar-refractivity contribution in [2.45, 2.75) is 70.0 Å². The number of nitrogens with zero attached hydrogens (tertiary/aromatic N) is 1. The molecule has 0 bridgehead atoms. The van der Waals surface area contributed by atoms with Crippen molar-refractivity contribution in [1.82, 2.24) is 4.90 Å². The first-order valence-corrected chi connectivity index (χ1v) is 9.61. The Labute approximate surface area is 132 Å². The van der Waals surface area contributed by atoms with Crippen LogP contribution in [0.15, 0.2) is 0 Å². The van der Waals surface area contributed by atoms with Gasteiger partial charge in [-0.05, 0) is 45.1 Å². The maximum absolute atomic E-state index is 12.9. The van der Waals surface area contributed by atoms with Gasteiger partial charge >= 0.3 is 0 Å². The summed E-state index contributed by atoms with van der Waals surface area (Å²) in [6.45, 7) is 14.0. The predicted molar refractivity (Wildman–Crippen MR) is 91.6 cm³/mol. The van der Waals surface area contributed by atoms with E-state index in [0.717, 1.165) is 13.0 Å². The molecule has 0 aromatic heterocycles. The molecule has 4 heteroatoms. The van der Waals surface area contributed by atoms with Crippen LogP contribution in [0, 0.1) is 5.41 Å². The second kappa shape index (κ2) is 5.51. The molecule has 2 aliphatic rings. The van der Waals surface area contributed by atoms with Crippen LogP contribution in [0.5, 0.6) is 0 Å². The number of likely N-dealkylation sites (tertiary alicyclic amines) is 1. The first-order valence-electron chi connectivity index (χ1n) is 7.64. The SMILES string of the molecule is CC(C)(C)C(=O)C1CC2(CN1C(C)(C)C)SCCCS2. The van der Waals surface area contributed by atoms with E-state index in [1.807, 2.05) is 0 Å². The Morgan fingerprint density at radius 2 is 1.65 bits per heavy atom. The molecule has 116 valence electrons. The largest absolute Gasteiger partial charge is 0.297 e. The topological polar surface area (TPSA) is 20.3 Å². The molecule has 2 nitrogen and oxygen atoms in total. The minimum absolute atomic E-state index is 0.0631. The molecular formula is C16H29NOS2. The highest BCUT2D eigenvalue weighted by atomic mass is 32.2. The number of hydrogen-bond acceptors (Lipinski definition) is 4. The van der Waals surface area contributed by atoms with E-state index in [4.69, 9.17) is 0 Å². The summed E-state index contributed by atoms with van der Waals surface area (Å²) >= 11 is 4.19. The standard InChI is InChI=1S/C16H29NOS2/c1-14(2,3)13(18)12-10-16(19-8-7-9-20-16)11-17(12)15(4,5)6/h12H,7-11H2,1-6H3. The van der Waals surface area contributed by atoms with Crippen LogP contribution in [0.1, 0.15) is 54.4 Å². The third-order valence-electron chi connectivity index (χ3n) is 4.21. The van der Waals surface area contributed by atoms with Gasteiger partial charge in [-0.15, -0.1) is 23.5 Å². The zero-order valence-electron chi connectivity index (χ0n) is 13.8. The van der Waals surface area contributed by atoms with Crippen LogP contribution in [-0.2, 0) is 4.79 Å². The lowest BCUT2D eigenvalue weighted by Gasteiger charge is -2.39. The normalized spacial score (nSPS) is 28.0. The average molecular weight is 316 g/mol. The minimum Gasteiger partial charge on any atom is -0.297 e. The summed E-state index contributed by atoms with van der Waals surface area (Å²) in [5, 5.41) is 0. The van der Waals surface area contributed by atoms with E-state index in [1.165, 1.54) is 17.9 Å². The quantitative estimate of drug-likeness (QED) is 0.727. The van der Waals surface area contributed by atoms with E-state index in [0.29, 0.717) is 5.78 Å². The zero-order chi connectivity index (χ0) is 15.2. The summed E-state index contributed by atoms with van der Waals surface area (Å²) in [5.74, 6) is 2.92. The summed E-state index contributed by atoms with van der Waals surface area (Å²) < 4.78 is 0.261. The molecule has 0 aromatic carbocycles. The molecule has 2 heterocycles. The number of hydrogen-bond donors (Lipinski definition) is 0. The van der Waals surface area contributed by atoms with Crippen molar-refractivity contribution in [3.8, 4) is 0 Å². The van der Waals surface area contributed by atoms with Crippen molar-refractivity contribution in [1.29, 1.82) is 0 Å². The maximum atomic E-state index is 12.9. The summed E-state index contributed by atoms with van der Waals surface area (Å²) in [6, 6.07) is 0.0908. The van der Waals surface area contributed by atoms with Gasteiger partial charge in [0, 0.05) is 17.5 Å². The Hall–Kier alpha value is 0.330. The van der Waals surface area contributed by atoms with Gasteiger partial charge in [0.25, 0.3) is 0 Å². The van der Waals surface area contributed by atoms with E-state index in [-0.39, 0.29) is 21.1 Å². The van der Waals surface area contributed by atoms with Gasteiger partial charge in [0.2, 0.25) is 0 Å².